The highest BCUT2D eigenvalue weighted by atomic mass is 16.5. The summed E-state index contributed by atoms with van der Waals surface area (Å²) >= 11 is 0. The second-order valence-electron chi connectivity index (χ2n) is 8.13. The first-order chi connectivity index (χ1) is 14.6. The lowest BCUT2D eigenvalue weighted by molar-refractivity contribution is -0.149. The lowest BCUT2D eigenvalue weighted by atomic mass is 9.76. The fraction of sp³-hybridized carbons (Fsp3) is 0.269. The second kappa shape index (κ2) is 8.82. The van der Waals surface area contributed by atoms with E-state index in [1.165, 1.54) is 0 Å². The van der Waals surface area contributed by atoms with Crippen molar-refractivity contribution in [2.75, 3.05) is 6.61 Å². The summed E-state index contributed by atoms with van der Waals surface area (Å²) in [4.78, 5) is 12.6. The third kappa shape index (κ3) is 3.89. The number of hydrogen-bond acceptors (Lipinski definition) is 3. The van der Waals surface area contributed by atoms with Crippen LogP contribution in [0.1, 0.15) is 30.5 Å². The highest BCUT2D eigenvalue weighted by Gasteiger charge is 2.47. The van der Waals surface area contributed by atoms with Crippen LogP contribution in [0.4, 0.5) is 0 Å². The molecule has 30 heavy (non-hydrogen) atoms. The lowest BCUT2D eigenvalue weighted by Gasteiger charge is -2.45. The molecule has 1 saturated heterocycles. The van der Waals surface area contributed by atoms with Crippen LogP contribution < -0.4 is 10.6 Å². The lowest BCUT2D eigenvalue weighted by Crippen LogP contribution is -2.72. The van der Waals surface area contributed by atoms with E-state index in [-0.39, 0.29) is 12.1 Å². The predicted octanol–water partition coefficient (Wildman–Crippen LogP) is 4.07. The fourth-order valence-corrected chi connectivity index (χ4v) is 3.98. The van der Waals surface area contributed by atoms with Gasteiger partial charge in [0.15, 0.2) is 6.23 Å². The van der Waals surface area contributed by atoms with Gasteiger partial charge >= 0.3 is 0 Å². The fourth-order valence-electron chi connectivity index (χ4n) is 3.98. The van der Waals surface area contributed by atoms with Crippen molar-refractivity contribution in [3.63, 3.8) is 0 Å². The molecule has 0 bridgehead atoms. The Balaban J connectivity index is 1.82. The van der Waals surface area contributed by atoms with Gasteiger partial charge in [0.1, 0.15) is 6.04 Å². The Hall–Kier alpha value is -2.95. The van der Waals surface area contributed by atoms with Gasteiger partial charge in [-0.05, 0) is 22.6 Å². The Morgan fingerprint density at radius 3 is 1.63 bits per heavy atom. The minimum atomic E-state index is -0.689. The zero-order chi connectivity index (χ0) is 21.0. The molecule has 0 radical (unpaired) electrons. The van der Waals surface area contributed by atoms with E-state index in [0.29, 0.717) is 12.5 Å². The molecule has 3 aromatic rings. The SMILES string of the molecule is CC(C)CO[C@H]1NC(=O)[C@@H]1NC(c1ccccc1)(c1ccccc1)c1ccccc1. The Kier molecular flexibility index (Phi) is 5.98. The van der Waals surface area contributed by atoms with Crippen LogP contribution in [0.3, 0.4) is 0 Å². The number of benzene rings is 3. The standard InChI is InChI=1S/C26H28N2O2/c1-19(2)18-30-25-23(24(29)27-25)28-26(20-12-6-3-7-13-20,21-14-8-4-9-15-21)22-16-10-5-11-17-22/h3-17,19,23,25,28H,18H2,1-2H3,(H,27,29)/t23-,25+/m0/s1. The van der Waals surface area contributed by atoms with E-state index < -0.39 is 11.6 Å². The van der Waals surface area contributed by atoms with Crippen molar-refractivity contribution in [1.82, 2.24) is 10.6 Å². The van der Waals surface area contributed by atoms with Crippen molar-refractivity contribution < 1.29 is 9.53 Å². The Bertz CT molecular complexity index is 861. The normalized spacial score (nSPS) is 18.7. The molecule has 0 aromatic heterocycles. The van der Waals surface area contributed by atoms with Crippen LogP contribution in [0.2, 0.25) is 0 Å². The van der Waals surface area contributed by atoms with Crippen molar-refractivity contribution in [3.8, 4) is 0 Å². The van der Waals surface area contributed by atoms with E-state index >= 15 is 0 Å². The van der Waals surface area contributed by atoms with Crippen LogP contribution >= 0.6 is 0 Å². The predicted molar refractivity (Wildman–Crippen MR) is 119 cm³/mol. The molecule has 1 aliphatic heterocycles. The van der Waals surface area contributed by atoms with Gasteiger partial charge in [0.25, 0.3) is 0 Å². The maximum absolute atomic E-state index is 12.6. The number of β-lactam (4-membered cyclic amide) rings is 1. The van der Waals surface area contributed by atoms with Crippen LogP contribution in [0.5, 0.6) is 0 Å². The van der Waals surface area contributed by atoms with Crippen molar-refractivity contribution in [3.05, 3.63) is 108 Å². The molecule has 1 heterocycles. The first kappa shape index (κ1) is 20.3. The van der Waals surface area contributed by atoms with Gasteiger partial charge < -0.3 is 10.1 Å². The van der Waals surface area contributed by atoms with Gasteiger partial charge in [0, 0.05) is 0 Å². The van der Waals surface area contributed by atoms with Crippen molar-refractivity contribution in [1.29, 1.82) is 0 Å². The van der Waals surface area contributed by atoms with E-state index in [0.717, 1.165) is 16.7 Å². The number of carbonyl (C=O) groups is 1. The van der Waals surface area contributed by atoms with E-state index in [1.807, 2.05) is 54.6 Å². The monoisotopic (exact) mass is 400 g/mol. The minimum Gasteiger partial charge on any atom is -0.356 e. The van der Waals surface area contributed by atoms with Crippen LogP contribution in [-0.4, -0.2) is 24.8 Å². The van der Waals surface area contributed by atoms with Crippen molar-refractivity contribution in [2.24, 2.45) is 5.92 Å². The van der Waals surface area contributed by atoms with Gasteiger partial charge in [-0.3, -0.25) is 10.1 Å². The molecule has 154 valence electrons. The average molecular weight is 401 g/mol. The summed E-state index contributed by atoms with van der Waals surface area (Å²) in [5, 5.41) is 6.60. The van der Waals surface area contributed by atoms with Gasteiger partial charge in [-0.15, -0.1) is 0 Å². The first-order valence-corrected chi connectivity index (χ1v) is 10.5. The molecule has 4 rings (SSSR count). The summed E-state index contributed by atoms with van der Waals surface area (Å²) in [6, 6.07) is 30.4. The smallest absolute Gasteiger partial charge is 0.243 e. The van der Waals surface area contributed by atoms with Gasteiger partial charge in [0.05, 0.1) is 12.1 Å². The molecular formula is C26H28N2O2. The Morgan fingerprint density at radius 1 is 0.833 bits per heavy atom. The summed E-state index contributed by atoms with van der Waals surface area (Å²) in [5.74, 6) is 0.348. The largest absolute Gasteiger partial charge is 0.356 e. The van der Waals surface area contributed by atoms with Crippen LogP contribution in [0.15, 0.2) is 91.0 Å². The molecule has 1 aliphatic rings. The van der Waals surface area contributed by atoms with Gasteiger partial charge in [0.2, 0.25) is 5.91 Å². The molecule has 2 atom stereocenters. The summed E-state index contributed by atoms with van der Waals surface area (Å²) in [6.07, 6.45) is -0.351. The topological polar surface area (TPSA) is 50.4 Å². The highest BCUT2D eigenvalue weighted by molar-refractivity contribution is 5.89. The second-order valence-corrected chi connectivity index (χ2v) is 8.13. The zero-order valence-electron chi connectivity index (χ0n) is 17.4. The van der Waals surface area contributed by atoms with Gasteiger partial charge in [-0.2, -0.15) is 0 Å². The number of nitrogens with one attached hydrogen (secondary N) is 2. The Morgan fingerprint density at radius 2 is 1.27 bits per heavy atom. The van der Waals surface area contributed by atoms with Gasteiger partial charge in [-0.25, -0.2) is 0 Å². The molecule has 0 spiro atoms. The van der Waals surface area contributed by atoms with Crippen LogP contribution in [0.25, 0.3) is 0 Å². The number of ether oxygens (including phenoxy) is 1. The summed E-state index contributed by atoms with van der Waals surface area (Å²) in [7, 11) is 0. The van der Waals surface area contributed by atoms with E-state index in [4.69, 9.17) is 4.74 Å². The first-order valence-electron chi connectivity index (χ1n) is 10.5. The number of rotatable bonds is 8. The third-order valence-electron chi connectivity index (χ3n) is 5.47. The maximum atomic E-state index is 12.6. The quantitative estimate of drug-likeness (QED) is 0.443. The maximum Gasteiger partial charge on any atom is 0.243 e. The van der Waals surface area contributed by atoms with E-state index in [9.17, 15) is 4.79 Å². The van der Waals surface area contributed by atoms with Crippen molar-refractivity contribution >= 4 is 5.91 Å². The summed E-state index contributed by atoms with van der Waals surface area (Å²) < 4.78 is 5.98. The summed E-state index contributed by atoms with van der Waals surface area (Å²) in [5.41, 5.74) is 2.53. The molecule has 1 fully saturated rings. The molecule has 3 aromatic carbocycles. The summed E-state index contributed by atoms with van der Waals surface area (Å²) in [6.45, 7) is 4.80. The third-order valence-corrected chi connectivity index (χ3v) is 5.47. The number of carbonyl (C=O) groups excluding carboxylic acids is 1. The Labute approximate surface area is 178 Å². The molecule has 4 nitrogen and oxygen atoms in total. The molecular weight excluding hydrogens is 372 g/mol. The molecule has 0 saturated carbocycles. The number of hydrogen-bond donors (Lipinski definition) is 2. The van der Waals surface area contributed by atoms with Crippen LogP contribution in [0, 0.1) is 5.92 Å². The minimum absolute atomic E-state index is 0.0454. The van der Waals surface area contributed by atoms with Crippen LogP contribution in [-0.2, 0) is 15.1 Å². The molecule has 2 N–H and O–H groups in total. The highest BCUT2D eigenvalue weighted by Crippen LogP contribution is 2.38. The van der Waals surface area contributed by atoms with E-state index in [2.05, 4.69) is 60.9 Å². The number of amides is 1. The molecule has 1 amide bonds. The molecule has 0 unspecified atom stereocenters. The average Bonchev–Trinajstić information content (AvgIpc) is 2.79. The molecule has 4 heteroatoms. The molecule has 0 aliphatic carbocycles. The van der Waals surface area contributed by atoms with Crippen molar-refractivity contribution in [2.45, 2.75) is 31.7 Å². The zero-order valence-corrected chi connectivity index (χ0v) is 17.4. The van der Waals surface area contributed by atoms with E-state index in [1.54, 1.807) is 0 Å². The van der Waals surface area contributed by atoms with Gasteiger partial charge in [-0.1, -0.05) is 105 Å².